The van der Waals surface area contributed by atoms with Crippen LogP contribution in [0.4, 0.5) is 4.39 Å². The van der Waals surface area contributed by atoms with E-state index >= 15 is 0 Å². The van der Waals surface area contributed by atoms with Crippen LogP contribution < -0.4 is 10.1 Å². The maximum atomic E-state index is 14.5. The van der Waals surface area contributed by atoms with Crippen molar-refractivity contribution >= 4 is 11.0 Å². The molecule has 0 radical (unpaired) electrons. The second-order valence-corrected chi connectivity index (χ2v) is 7.71. The van der Waals surface area contributed by atoms with Crippen molar-refractivity contribution in [3.8, 4) is 5.75 Å². The molecule has 1 aromatic carbocycles. The van der Waals surface area contributed by atoms with Crippen molar-refractivity contribution in [1.82, 2.24) is 19.9 Å². The van der Waals surface area contributed by atoms with Crippen molar-refractivity contribution < 1.29 is 14.2 Å². The Morgan fingerprint density at radius 1 is 1.29 bits per heavy atom. The van der Waals surface area contributed by atoms with E-state index in [9.17, 15) is 9.50 Å². The molecule has 1 aliphatic carbocycles. The van der Waals surface area contributed by atoms with E-state index in [1.165, 1.54) is 23.7 Å². The maximum absolute atomic E-state index is 14.5. The first-order valence-electron chi connectivity index (χ1n) is 9.75. The van der Waals surface area contributed by atoms with E-state index in [1.807, 2.05) is 12.1 Å². The Labute approximate surface area is 162 Å². The molecule has 2 unspecified atom stereocenters. The van der Waals surface area contributed by atoms with Gasteiger partial charge in [0.05, 0.1) is 23.2 Å². The van der Waals surface area contributed by atoms with Crippen LogP contribution >= 0.6 is 0 Å². The lowest BCUT2D eigenvalue weighted by Crippen LogP contribution is -2.25. The topological polar surface area (TPSA) is 72.2 Å². The van der Waals surface area contributed by atoms with E-state index in [4.69, 9.17) is 4.74 Å². The van der Waals surface area contributed by atoms with E-state index in [0.29, 0.717) is 29.6 Å². The van der Waals surface area contributed by atoms with Gasteiger partial charge in [0.15, 0.2) is 5.82 Å². The molecule has 0 bridgehead atoms. The summed E-state index contributed by atoms with van der Waals surface area (Å²) in [5.41, 5.74) is 3.64. The Morgan fingerprint density at radius 3 is 3.07 bits per heavy atom. The summed E-state index contributed by atoms with van der Waals surface area (Å²) in [5.74, 6) is 0.525. The summed E-state index contributed by atoms with van der Waals surface area (Å²) in [5, 5.41) is 14.5. The van der Waals surface area contributed by atoms with Gasteiger partial charge in [-0.15, -0.1) is 0 Å². The first kappa shape index (κ1) is 17.6. The van der Waals surface area contributed by atoms with Crippen LogP contribution in [0.25, 0.3) is 11.0 Å². The standard InChI is InChI=1S/C21H23FN4O2/c1-12-20-16(22)10-26(21(20)25-11-24-12)17-7-14(8-18(17)27)28-19-4-2-3-13-5-6-23-9-15(13)19/h2-4,10-11,14,17-18,23,27H,5-9H2,1H3/t14?,17?,18-/m1/s1. The van der Waals surface area contributed by atoms with Gasteiger partial charge < -0.3 is 19.7 Å². The van der Waals surface area contributed by atoms with Crippen LogP contribution in [0.5, 0.6) is 5.75 Å². The number of hydrogen-bond donors (Lipinski definition) is 2. The molecule has 1 fully saturated rings. The minimum Gasteiger partial charge on any atom is -0.490 e. The average Bonchev–Trinajstić information content (AvgIpc) is 3.22. The van der Waals surface area contributed by atoms with Gasteiger partial charge in [0.2, 0.25) is 0 Å². The normalized spacial score (nSPS) is 24.5. The van der Waals surface area contributed by atoms with Gasteiger partial charge >= 0.3 is 0 Å². The zero-order chi connectivity index (χ0) is 19.3. The third-order valence-corrected chi connectivity index (χ3v) is 5.96. The van der Waals surface area contributed by atoms with Crippen LogP contribution in [-0.4, -0.2) is 38.4 Å². The summed E-state index contributed by atoms with van der Waals surface area (Å²) >= 11 is 0. The Balaban J connectivity index is 1.42. The van der Waals surface area contributed by atoms with Crippen molar-refractivity contribution in [3.63, 3.8) is 0 Å². The molecule has 2 aliphatic rings. The van der Waals surface area contributed by atoms with Crippen LogP contribution in [-0.2, 0) is 13.0 Å². The highest BCUT2D eigenvalue weighted by Gasteiger charge is 2.37. The van der Waals surface area contributed by atoms with Crippen molar-refractivity contribution in [2.45, 2.75) is 51.0 Å². The summed E-state index contributed by atoms with van der Waals surface area (Å²) in [6.07, 6.45) is 4.22. The summed E-state index contributed by atoms with van der Waals surface area (Å²) < 4.78 is 22.5. The van der Waals surface area contributed by atoms with E-state index in [2.05, 4.69) is 21.4 Å². The van der Waals surface area contributed by atoms with Crippen LogP contribution in [0.2, 0.25) is 0 Å². The van der Waals surface area contributed by atoms with Gasteiger partial charge in [0, 0.05) is 31.1 Å². The zero-order valence-corrected chi connectivity index (χ0v) is 15.7. The van der Waals surface area contributed by atoms with E-state index in [-0.39, 0.29) is 18.0 Å². The number of halogens is 1. The molecule has 1 aliphatic heterocycles. The summed E-state index contributed by atoms with van der Waals surface area (Å²) in [6.45, 7) is 3.54. The monoisotopic (exact) mass is 382 g/mol. The second kappa shape index (κ2) is 6.83. The fourth-order valence-corrected chi connectivity index (χ4v) is 4.55. The molecule has 3 aromatic rings. The van der Waals surface area contributed by atoms with Crippen LogP contribution in [0, 0.1) is 12.7 Å². The highest BCUT2D eigenvalue weighted by atomic mass is 19.1. The number of aryl methyl sites for hydroxylation is 1. The number of ether oxygens (including phenoxy) is 1. The van der Waals surface area contributed by atoms with Crippen molar-refractivity contribution in [1.29, 1.82) is 0 Å². The van der Waals surface area contributed by atoms with Crippen molar-refractivity contribution in [3.05, 3.63) is 53.4 Å². The maximum Gasteiger partial charge on any atom is 0.152 e. The van der Waals surface area contributed by atoms with Crippen molar-refractivity contribution in [2.24, 2.45) is 0 Å². The molecule has 3 atom stereocenters. The number of rotatable bonds is 3. The van der Waals surface area contributed by atoms with Crippen LogP contribution in [0.15, 0.2) is 30.7 Å². The van der Waals surface area contributed by atoms with Gasteiger partial charge in [0.1, 0.15) is 23.8 Å². The van der Waals surface area contributed by atoms with Gasteiger partial charge in [-0.25, -0.2) is 14.4 Å². The minimum absolute atomic E-state index is 0.128. The van der Waals surface area contributed by atoms with E-state index < -0.39 is 6.10 Å². The number of aliphatic hydroxyl groups is 1. The predicted octanol–water partition coefficient (Wildman–Crippen LogP) is 2.67. The number of nitrogens with zero attached hydrogens (tertiary/aromatic N) is 3. The van der Waals surface area contributed by atoms with E-state index in [1.54, 1.807) is 11.5 Å². The molecule has 0 saturated heterocycles. The summed E-state index contributed by atoms with van der Waals surface area (Å²) in [7, 11) is 0. The zero-order valence-electron chi connectivity index (χ0n) is 15.7. The number of fused-ring (bicyclic) bond motifs is 2. The Hall–Kier alpha value is -2.51. The number of benzene rings is 1. The summed E-state index contributed by atoms with van der Waals surface area (Å²) in [4.78, 5) is 8.34. The quantitative estimate of drug-likeness (QED) is 0.729. The van der Waals surface area contributed by atoms with Crippen LogP contribution in [0.3, 0.4) is 0 Å². The number of hydrogen-bond acceptors (Lipinski definition) is 5. The Morgan fingerprint density at radius 2 is 2.18 bits per heavy atom. The molecule has 3 heterocycles. The third-order valence-electron chi connectivity index (χ3n) is 5.96. The van der Waals surface area contributed by atoms with E-state index in [0.717, 1.165) is 25.3 Å². The van der Waals surface area contributed by atoms with Gasteiger partial charge in [-0.05, 0) is 31.5 Å². The lowest BCUT2D eigenvalue weighted by Gasteiger charge is -2.22. The largest absolute Gasteiger partial charge is 0.490 e. The molecule has 1 saturated carbocycles. The third kappa shape index (κ3) is 2.86. The number of nitrogens with one attached hydrogen (secondary N) is 1. The Bertz CT molecular complexity index is 1030. The second-order valence-electron chi connectivity index (χ2n) is 7.71. The number of aliphatic hydroxyl groups excluding tert-OH is 1. The first-order chi connectivity index (χ1) is 13.6. The smallest absolute Gasteiger partial charge is 0.152 e. The van der Waals surface area contributed by atoms with Gasteiger partial charge in [0.25, 0.3) is 0 Å². The van der Waals surface area contributed by atoms with Crippen molar-refractivity contribution in [2.75, 3.05) is 6.54 Å². The molecule has 5 rings (SSSR count). The van der Waals surface area contributed by atoms with Gasteiger partial charge in [-0.3, -0.25) is 0 Å². The molecular weight excluding hydrogens is 359 g/mol. The average molecular weight is 382 g/mol. The molecule has 7 heteroatoms. The van der Waals surface area contributed by atoms with Gasteiger partial charge in [-0.2, -0.15) is 0 Å². The lowest BCUT2D eigenvalue weighted by molar-refractivity contribution is 0.127. The molecule has 146 valence electrons. The fourth-order valence-electron chi connectivity index (χ4n) is 4.55. The molecule has 2 aromatic heterocycles. The first-order valence-corrected chi connectivity index (χ1v) is 9.75. The molecule has 28 heavy (non-hydrogen) atoms. The summed E-state index contributed by atoms with van der Waals surface area (Å²) in [6, 6.07) is 5.89. The highest BCUT2D eigenvalue weighted by Crippen LogP contribution is 2.37. The SMILES string of the molecule is Cc1ncnc2c1c(F)cn2C1CC(Oc2cccc3c2CNCC3)C[C@H]1O. The lowest BCUT2D eigenvalue weighted by atomic mass is 10.0. The van der Waals surface area contributed by atoms with Gasteiger partial charge in [-0.1, -0.05) is 12.1 Å². The Kier molecular flexibility index (Phi) is 4.29. The minimum atomic E-state index is -0.618. The molecule has 6 nitrogen and oxygen atoms in total. The molecule has 0 amide bonds. The molecular formula is C21H23FN4O2. The number of aromatic nitrogens is 3. The predicted molar refractivity (Wildman–Crippen MR) is 103 cm³/mol. The van der Waals surface area contributed by atoms with Crippen LogP contribution in [0.1, 0.15) is 35.7 Å². The molecule has 2 N–H and O–H groups in total. The fraction of sp³-hybridized carbons (Fsp3) is 0.429. The highest BCUT2D eigenvalue weighted by molar-refractivity contribution is 5.79. The molecule has 0 spiro atoms.